The molecule has 7 heteroatoms. The van der Waals surface area contributed by atoms with Gasteiger partial charge in [-0.2, -0.15) is 0 Å². The van der Waals surface area contributed by atoms with E-state index in [1.165, 1.54) is 37.4 Å². The smallest absolute Gasteiger partial charge is 0.259 e. The van der Waals surface area contributed by atoms with Crippen molar-refractivity contribution in [2.45, 2.75) is 0 Å². The van der Waals surface area contributed by atoms with E-state index in [0.717, 1.165) is 0 Å². The minimum Gasteiger partial charge on any atom is -0.496 e. The number of amides is 2. The largest absolute Gasteiger partial charge is 0.496 e. The molecule has 0 fully saturated rings. The van der Waals surface area contributed by atoms with E-state index in [-0.39, 0.29) is 22.6 Å². The Balaban J connectivity index is 2.35. The van der Waals surface area contributed by atoms with Gasteiger partial charge in [-0.1, -0.05) is 15.9 Å². The lowest BCUT2D eigenvalue weighted by Gasteiger charge is -2.11. The van der Waals surface area contributed by atoms with Crippen LogP contribution in [0.1, 0.15) is 20.7 Å². The highest BCUT2D eigenvalue weighted by Crippen LogP contribution is 2.24. The Morgan fingerprint density at radius 2 is 1.95 bits per heavy atom. The SMILES string of the molecule is COc1ccc(C(N)=O)cc1C(=O)Nc1ccc(Br)cc1F. The Bertz CT molecular complexity index is 750. The third-order valence-corrected chi connectivity index (χ3v) is 3.40. The summed E-state index contributed by atoms with van der Waals surface area (Å²) >= 11 is 3.13. The quantitative estimate of drug-likeness (QED) is 0.872. The van der Waals surface area contributed by atoms with Gasteiger partial charge >= 0.3 is 0 Å². The van der Waals surface area contributed by atoms with Gasteiger partial charge in [-0.05, 0) is 36.4 Å². The molecule has 2 aromatic rings. The monoisotopic (exact) mass is 366 g/mol. The molecule has 2 amide bonds. The van der Waals surface area contributed by atoms with E-state index in [1.807, 2.05) is 0 Å². The third-order valence-electron chi connectivity index (χ3n) is 2.91. The number of carbonyl (C=O) groups is 2. The van der Waals surface area contributed by atoms with Crippen molar-refractivity contribution < 1.29 is 18.7 Å². The molecular formula is C15H12BrFN2O3. The third kappa shape index (κ3) is 3.43. The number of methoxy groups -OCH3 is 1. The highest BCUT2D eigenvalue weighted by molar-refractivity contribution is 9.10. The number of hydrogen-bond donors (Lipinski definition) is 2. The van der Waals surface area contributed by atoms with Crippen LogP contribution in [-0.4, -0.2) is 18.9 Å². The number of primary amides is 1. The predicted octanol–water partition coefficient (Wildman–Crippen LogP) is 2.95. The number of rotatable bonds is 4. The number of nitrogens with two attached hydrogens (primary N) is 1. The average molecular weight is 367 g/mol. The number of hydrogen-bond acceptors (Lipinski definition) is 3. The lowest BCUT2D eigenvalue weighted by Crippen LogP contribution is -2.17. The van der Waals surface area contributed by atoms with Crippen LogP contribution >= 0.6 is 15.9 Å². The number of ether oxygens (including phenoxy) is 1. The first-order chi connectivity index (χ1) is 10.4. The van der Waals surface area contributed by atoms with Crippen molar-refractivity contribution >= 4 is 33.4 Å². The highest BCUT2D eigenvalue weighted by atomic mass is 79.9. The zero-order valence-corrected chi connectivity index (χ0v) is 13.1. The Morgan fingerprint density at radius 3 is 2.55 bits per heavy atom. The summed E-state index contributed by atoms with van der Waals surface area (Å²) in [6.07, 6.45) is 0. The van der Waals surface area contributed by atoms with Crippen molar-refractivity contribution in [2.75, 3.05) is 12.4 Å². The predicted molar refractivity (Wildman–Crippen MR) is 83.6 cm³/mol. The molecule has 0 spiro atoms. The van der Waals surface area contributed by atoms with Crippen LogP contribution in [0.2, 0.25) is 0 Å². The molecule has 0 radical (unpaired) electrons. The lowest BCUT2D eigenvalue weighted by atomic mass is 10.1. The Labute approximate surface area is 134 Å². The minimum absolute atomic E-state index is 0.0136. The summed E-state index contributed by atoms with van der Waals surface area (Å²) in [4.78, 5) is 23.5. The Kier molecular flexibility index (Phi) is 4.77. The normalized spacial score (nSPS) is 10.1. The van der Waals surface area contributed by atoms with Gasteiger partial charge in [0, 0.05) is 10.0 Å². The second kappa shape index (κ2) is 6.57. The van der Waals surface area contributed by atoms with Gasteiger partial charge in [0.2, 0.25) is 5.91 Å². The van der Waals surface area contributed by atoms with Crippen molar-refractivity contribution in [3.05, 3.63) is 57.8 Å². The van der Waals surface area contributed by atoms with Crippen LogP contribution in [0.3, 0.4) is 0 Å². The topological polar surface area (TPSA) is 81.4 Å². The molecule has 0 atom stereocenters. The molecule has 0 saturated heterocycles. The van der Waals surface area contributed by atoms with Gasteiger partial charge in [-0.25, -0.2) is 4.39 Å². The first-order valence-corrected chi connectivity index (χ1v) is 6.96. The fourth-order valence-corrected chi connectivity index (χ4v) is 2.15. The molecule has 2 aromatic carbocycles. The van der Waals surface area contributed by atoms with Crippen LogP contribution in [0.25, 0.3) is 0 Å². The lowest BCUT2D eigenvalue weighted by molar-refractivity contribution is 0.1000. The van der Waals surface area contributed by atoms with E-state index in [4.69, 9.17) is 10.5 Å². The molecule has 0 unspecified atom stereocenters. The minimum atomic E-state index is -0.675. The second-order valence-corrected chi connectivity index (χ2v) is 5.27. The molecule has 114 valence electrons. The summed E-state index contributed by atoms with van der Waals surface area (Å²) in [7, 11) is 1.39. The fourth-order valence-electron chi connectivity index (χ4n) is 1.82. The van der Waals surface area contributed by atoms with E-state index >= 15 is 0 Å². The van der Waals surface area contributed by atoms with Crippen LogP contribution in [-0.2, 0) is 0 Å². The molecule has 3 N–H and O–H groups in total. The molecule has 2 rings (SSSR count). The zero-order valence-electron chi connectivity index (χ0n) is 11.5. The standard InChI is InChI=1S/C15H12BrFN2O3/c1-22-13-5-2-8(14(18)20)6-10(13)15(21)19-12-4-3-9(16)7-11(12)17/h2-7H,1H3,(H2,18,20)(H,19,21). The van der Waals surface area contributed by atoms with Crippen LogP contribution in [0.5, 0.6) is 5.75 Å². The van der Waals surface area contributed by atoms with Crippen molar-refractivity contribution in [3.8, 4) is 5.75 Å². The number of nitrogens with one attached hydrogen (secondary N) is 1. The highest BCUT2D eigenvalue weighted by Gasteiger charge is 2.16. The Morgan fingerprint density at radius 1 is 1.23 bits per heavy atom. The van der Waals surface area contributed by atoms with Gasteiger partial charge < -0.3 is 15.8 Å². The Hall–Kier alpha value is -2.41. The number of carbonyl (C=O) groups excluding carboxylic acids is 2. The number of benzene rings is 2. The van der Waals surface area contributed by atoms with E-state index in [0.29, 0.717) is 4.47 Å². The summed E-state index contributed by atoms with van der Waals surface area (Å²) in [5, 5.41) is 2.43. The van der Waals surface area contributed by atoms with Crippen molar-refractivity contribution in [2.24, 2.45) is 5.73 Å². The molecule has 0 saturated carbocycles. The van der Waals surface area contributed by atoms with Crippen LogP contribution in [0, 0.1) is 5.82 Å². The van der Waals surface area contributed by atoms with Gasteiger partial charge in [-0.15, -0.1) is 0 Å². The molecule has 0 aromatic heterocycles. The molecule has 0 aliphatic heterocycles. The van der Waals surface area contributed by atoms with E-state index in [9.17, 15) is 14.0 Å². The number of halogens is 2. The first kappa shape index (κ1) is 16.0. The number of anilines is 1. The molecule has 0 heterocycles. The second-order valence-electron chi connectivity index (χ2n) is 4.36. The van der Waals surface area contributed by atoms with Crippen LogP contribution in [0.4, 0.5) is 10.1 Å². The molecule has 0 aliphatic carbocycles. The molecular weight excluding hydrogens is 355 g/mol. The molecule has 0 aliphatic rings. The molecule has 0 bridgehead atoms. The summed E-state index contributed by atoms with van der Waals surface area (Å²) in [5.74, 6) is -1.62. The summed E-state index contributed by atoms with van der Waals surface area (Å²) in [6, 6.07) is 8.43. The van der Waals surface area contributed by atoms with Crippen molar-refractivity contribution in [1.82, 2.24) is 0 Å². The van der Waals surface area contributed by atoms with Crippen LogP contribution < -0.4 is 15.8 Å². The molecule has 22 heavy (non-hydrogen) atoms. The van der Waals surface area contributed by atoms with Crippen molar-refractivity contribution in [3.63, 3.8) is 0 Å². The van der Waals surface area contributed by atoms with Crippen molar-refractivity contribution in [1.29, 1.82) is 0 Å². The van der Waals surface area contributed by atoms with E-state index in [2.05, 4.69) is 21.2 Å². The van der Waals surface area contributed by atoms with E-state index in [1.54, 1.807) is 6.07 Å². The summed E-state index contributed by atoms with van der Waals surface area (Å²) in [6.45, 7) is 0. The van der Waals surface area contributed by atoms with Crippen LogP contribution in [0.15, 0.2) is 40.9 Å². The maximum Gasteiger partial charge on any atom is 0.259 e. The van der Waals surface area contributed by atoms with Gasteiger partial charge in [0.25, 0.3) is 5.91 Å². The maximum absolute atomic E-state index is 13.8. The van der Waals surface area contributed by atoms with E-state index < -0.39 is 17.6 Å². The molecule has 5 nitrogen and oxygen atoms in total. The zero-order chi connectivity index (χ0) is 16.3. The fraction of sp³-hybridized carbons (Fsp3) is 0.0667. The first-order valence-electron chi connectivity index (χ1n) is 6.16. The van der Waals surface area contributed by atoms with Gasteiger partial charge in [-0.3, -0.25) is 9.59 Å². The van der Waals surface area contributed by atoms with Gasteiger partial charge in [0.05, 0.1) is 18.4 Å². The van der Waals surface area contributed by atoms with Gasteiger partial charge in [0.1, 0.15) is 11.6 Å². The summed E-state index contributed by atoms with van der Waals surface area (Å²) < 4.78 is 19.4. The van der Waals surface area contributed by atoms with Gasteiger partial charge in [0.15, 0.2) is 0 Å². The summed E-state index contributed by atoms with van der Waals surface area (Å²) in [5.41, 5.74) is 5.44. The average Bonchev–Trinajstić information content (AvgIpc) is 2.49. The maximum atomic E-state index is 13.8.